The molecule has 1 atom stereocenters. The van der Waals surface area contributed by atoms with Gasteiger partial charge in [0.05, 0.1) is 16.0 Å². The number of amides is 1. The number of carboxylic acid groups (broad SMARTS) is 1. The number of nitrogens with one attached hydrogen (secondary N) is 1. The highest BCUT2D eigenvalue weighted by Crippen LogP contribution is 2.24. The zero-order chi connectivity index (χ0) is 16.9. The first-order valence-electron chi connectivity index (χ1n) is 6.72. The van der Waals surface area contributed by atoms with Gasteiger partial charge in [-0.05, 0) is 44.9 Å². The summed E-state index contributed by atoms with van der Waals surface area (Å²) in [5, 5.41) is 12.5. The van der Waals surface area contributed by atoms with Gasteiger partial charge in [-0.15, -0.1) is 0 Å². The van der Waals surface area contributed by atoms with Crippen molar-refractivity contribution in [1.29, 1.82) is 0 Å². The Morgan fingerprint density at radius 3 is 2.41 bits per heavy atom. The predicted octanol–water partition coefficient (Wildman–Crippen LogP) is 3.76. The van der Waals surface area contributed by atoms with E-state index < -0.39 is 23.6 Å². The van der Waals surface area contributed by atoms with Crippen molar-refractivity contribution in [2.24, 2.45) is 5.92 Å². The van der Waals surface area contributed by atoms with Crippen molar-refractivity contribution >= 4 is 35.3 Å². The lowest BCUT2D eigenvalue weighted by Crippen LogP contribution is -2.37. The van der Waals surface area contributed by atoms with Gasteiger partial charge in [-0.2, -0.15) is 0 Å². The van der Waals surface area contributed by atoms with Gasteiger partial charge in [0.15, 0.2) is 0 Å². The Balaban J connectivity index is 2.64. The van der Waals surface area contributed by atoms with Crippen molar-refractivity contribution in [3.8, 4) is 0 Å². The van der Waals surface area contributed by atoms with Crippen molar-refractivity contribution < 1.29 is 19.4 Å². The second-order valence-corrected chi connectivity index (χ2v) is 6.68. The van der Waals surface area contributed by atoms with Crippen LogP contribution in [0.1, 0.15) is 26.3 Å². The molecule has 0 aromatic heterocycles. The second kappa shape index (κ2) is 7.70. The maximum absolute atomic E-state index is 11.6. The third-order valence-corrected chi connectivity index (χ3v) is 3.45. The molecular weight excluding hydrogens is 329 g/mol. The lowest BCUT2D eigenvalue weighted by Gasteiger charge is -2.21. The molecule has 122 valence electrons. The molecule has 0 fully saturated rings. The van der Waals surface area contributed by atoms with Gasteiger partial charge in [0.2, 0.25) is 0 Å². The number of rotatable bonds is 5. The van der Waals surface area contributed by atoms with Gasteiger partial charge in [-0.25, -0.2) is 4.79 Å². The molecule has 0 bridgehead atoms. The van der Waals surface area contributed by atoms with E-state index in [9.17, 15) is 14.7 Å². The summed E-state index contributed by atoms with van der Waals surface area (Å²) in [5.41, 5.74) is 0.0970. The van der Waals surface area contributed by atoms with E-state index >= 15 is 0 Å². The number of aliphatic carboxylic acids is 1. The average molecular weight is 348 g/mol. The highest BCUT2D eigenvalue weighted by atomic mass is 35.5. The molecule has 0 aliphatic heterocycles. The first-order valence-corrected chi connectivity index (χ1v) is 7.47. The number of carbonyl (C=O) groups excluding carboxylic acids is 1. The SMILES string of the molecule is CC(C)(C)OC(=O)NC[C@@H](Cc1ccc(Cl)c(Cl)c1)C(=O)O. The Hall–Kier alpha value is -1.46. The van der Waals surface area contributed by atoms with E-state index in [1.165, 1.54) is 0 Å². The summed E-state index contributed by atoms with van der Waals surface area (Å²) in [5.74, 6) is -1.80. The number of carbonyl (C=O) groups is 2. The van der Waals surface area contributed by atoms with Crippen LogP contribution < -0.4 is 5.32 Å². The first-order chi connectivity index (χ1) is 10.1. The Labute approximate surface area is 139 Å². The largest absolute Gasteiger partial charge is 0.481 e. The van der Waals surface area contributed by atoms with Gasteiger partial charge in [-0.3, -0.25) is 4.79 Å². The molecule has 0 saturated heterocycles. The lowest BCUT2D eigenvalue weighted by atomic mass is 9.99. The van der Waals surface area contributed by atoms with Gasteiger partial charge in [0, 0.05) is 6.54 Å². The lowest BCUT2D eigenvalue weighted by molar-refractivity contribution is -0.141. The summed E-state index contributed by atoms with van der Waals surface area (Å²) in [4.78, 5) is 22.9. The van der Waals surface area contributed by atoms with Gasteiger partial charge in [-0.1, -0.05) is 29.3 Å². The number of ether oxygens (including phenoxy) is 1. The summed E-state index contributed by atoms with van der Waals surface area (Å²) in [6.45, 7) is 5.16. The molecule has 0 unspecified atom stereocenters. The molecule has 0 heterocycles. The first kappa shape index (κ1) is 18.6. The fourth-order valence-electron chi connectivity index (χ4n) is 1.72. The highest BCUT2D eigenvalue weighted by Gasteiger charge is 2.22. The van der Waals surface area contributed by atoms with Crippen LogP contribution in [0.2, 0.25) is 10.0 Å². The van der Waals surface area contributed by atoms with Crippen molar-refractivity contribution in [3.63, 3.8) is 0 Å². The molecule has 7 heteroatoms. The van der Waals surface area contributed by atoms with E-state index in [2.05, 4.69) is 5.32 Å². The Bertz CT molecular complexity index is 555. The zero-order valence-corrected chi connectivity index (χ0v) is 14.2. The summed E-state index contributed by atoms with van der Waals surface area (Å²) in [6, 6.07) is 4.93. The van der Waals surface area contributed by atoms with Gasteiger partial charge >= 0.3 is 12.1 Å². The van der Waals surface area contributed by atoms with Crippen molar-refractivity contribution in [2.45, 2.75) is 32.8 Å². The average Bonchev–Trinajstić information content (AvgIpc) is 2.36. The fourth-order valence-corrected chi connectivity index (χ4v) is 2.04. The van der Waals surface area contributed by atoms with Crippen molar-refractivity contribution in [2.75, 3.05) is 6.54 Å². The monoisotopic (exact) mass is 347 g/mol. The molecule has 1 aromatic rings. The van der Waals surface area contributed by atoms with Crippen LogP contribution in [-0.2, 0) is 16.0 Å². The molecule has 0 spiro atoms. The van der Waals surface area contributed by atoms with Crippen LogP contribution in [-0.4, -0.2) is 29.3 Å². The third-order valence-electron chi connectivity index (χ3n) is 2.71. The number of carboxylic acids is 1. The second-order valence-electron chi connectivity index (χ2n) is 5.87. The van der Waals surface area contributed by atoms with Crippen LogP contribution in [0.15, 0.2) is 18.2 Å². The van der Waals surface area contributed by atoms with Crippen molar-refractivity contribution in [3.05, 3.63) is 33.8 Å². The molecule has 0 radical (unpaired) electrons. The molecule has 0 aliphatic rings. The molecule has 2 N–H and O–H groups in total. The topological polar surface area (TPSA) is 75.6 Å². The predicted molar refractivity (Wildman–Crippen MR) is 85.5 cm³/mol. The summed E-state index contributed by atoms with van der Waals surface area (Å²) in [7, 11) is 0. The molecule has 0 saturated carbocycles. The van der Waals surface area contributed by atoms with E-state index in [4.69, 9.17) is 27.9 Å². The van der Waals surface area contributed by atoms with Crippen LogP contribution in [0.4, 0.5) is 4.79 Å². The van der Waals surface area contributed by atoms with Crippen molar-refractivity contribution in [1.82, 2.24) is 5.32 Å². The highest BCUT2D eigenvalue weighted by molar-refractivity contribution is 6.42. The minimum absolute atomic E-state index is 0.0372. The quantitative estimate of drug-likeness (QED) is 0.850. The zero-order valence-electron chi connectivity index (χ0n) is 12.7. The summed E-state index contributed by atoms with van der Waals surface area (Å²) < 4.78 is 5.07. The number of alkyl carbamates (subject to hydrolysis) is 1. The minimum atomic E-state index is -1.01. The molecular formula is C15H19Cl2NO4. The number of benzene rings is 1. The van der Waals surface area contributed by atoms with Crippen LogP contribution >= 0.6 is 23.2 Å². The number of halogens is 2. The van der Waals surface area contributed by atoms with E-state index in [1.807, 2.05) is 0 Å². The van der Waals surface area contributed by atoms with Gasteiger partial charge in [0.25, 0.3) is 0 Å². The molecule has 0 aliphatic carbocycles. The molecule has 5 nitrogen and oxygen atoms in total. The number of hydrogen-bond donors (Lipinski definition) is 2. The van der Waals surface area contributed by atoms with E-state index in [-0.39, 0.29) is 13.0 Å². The standard InChI is InChI=1S/C15H19Cl2NO4/c1-15(2,3)22-14(21)18-8-10(13(19)20)6-9-4-5-11(16)12(17)7-9/h4-5,7,10H,6,8H2,1-3H3,(H,18,21)(H,19,20)/t10-/m1/s1. The van der Waals surface area contributed by atoms with Crippen LogP contribution in [0.3, 0.4) is 0 Å². The summed E-state index contributed by atoms with van der Waals surface area (Å²) >= 11 is 11.7. The Morgan fingerprint density at radius 1 is 1.27 bits per heavy atom. The number of hydrogen-bond acceptors (Lipinski definition) is 3. The normalized spacial score (nSPS) is 12.6. The van der Waals surface area contributed by atoms with Crippen LogP contribution in [0, 0.1) is 5.92 Å². The maximum Gasteiger partial charge on any atom is 0.407 e. The molecule has 1 amide bonds. The molecule has 1 rings (SSSR count). The Kier molecular flexibility index (Phi) is 6.50. The maximum atomic E-state index is 11.6. The van der Waals surface area contributed by atoms with Crippen LogP contribution in [0.25, 0.3) is 0 Å². The summed E-state index contributed by atoms with van der Waals surface area (Å²) in [6.07, 6.45) is -0.421. The van der Waals surface area contributed by atoms with Gasteiger partial charge in [0.1, 0.15) is 5.60 Å². The molecule has 1 aromatic carbocycles. The van der Waals surface area contributed by atoms with E-state index in [0.717, 1.165) is 5.56 Å². The van der Waals surface area contributed by atoms with Crippen LogP contribution in [0.5, 0.6) is 0 Å². The van der Waals surface area contributed by atoms with E-state index in [1.54, 1.807) is 39.0 Å². The minimum Gasteiger partial charge on any atom is -0.481 e. The third kappa shape index (κ3) is 6.54. The Morgan fingerprint density at radius 2 is 1.91 bits per heavy atom. The smallest absolute Gasteiger partial charge is 0.407 e. The van der Waals surface area contributed by atoms with E-state index in [0.29, 0.717) is 10.0 Å². The van der Waals surface area contributed by atoms with Gasteiger partial charge < -0.3 is 15.2 Å². The fraction of sp³-hybridized carbons (Fsp3) is 0.467. The molecule has 22 heavy (non-hydrogen) atoms.